The first-order chi connectivity index (χ1) is 8.63. The van der Waals surface area contributed by atoms with Gasteiger partial charge in [0.05, 0.1) is 6.10 Å². The molecule has 0 bridgehead atoms. The van der Waals surface area contributed by atoms with Gasteiger partial charge >= 0.3 is 12.0 Å². The lowest BCUT2D eigenvalue weighted by molar-refractivity contribution is -0.137. The van der Waals surface area contributed by atoms with Gasteiger partial charge < -0.3 is 20.1 Å². The maximum absolute atomic E-state index is 11.8. The lowest BCUT2D eigenvalue weighted by atomic mass is 10.1. The van der Waals surface area contributed by atoms with E-state index < -0.39 is 5.97 Å². The van der Waals surface area contributed by atoms with Crippen molar-refractivity contribution in [1.29, 1.82) is 0 Å². The molecule has 0 spiro atoms. The third kappa shape index (κ3) is 5.35. The number of carboxylic acids is 1. The van der Waals surface area contributed by atoms with Crippen molar-refractivity contribution >= 4 is 12.0 Å². The molecular weight excluding hydrogens is 236 g/mol. The van der Waals surface area contributed by atoms with Gasteiger partial charge in [0, 0.05) is 33.2 Å². The summed E-state index contributed by atoms with van der Waals surface area (Å²) in [6.07, 6.45) is 3.54. The number of hydrogen-bond acceptors (Lipinski definition) is 3. The standard InChI is InChI=1S/C12H22N2O4/c1-18-10-5-4-8-14(9-10)12(17)13-7-3-2-6-11(15)16/h10H,2-9H2,1H3,(H,13,17)(H,15,16). The molecule has 0 radical (unpaired) electrons. The van der Waals surface area contributed by atoms with Gasteiger partial charge in [0.15, 0.2) is 0 Å². The molecule has 1 saturated heterocycles. The number of methoxy groups -OCH3 is 1. The summed E-state index contributed by atoms with van der Waals surface area (Å²) in [5.74, 6) is -0.791. The Hall–Kier alpha value is -1.30. The Labute approximate surface area is 107 Å². The van der Waals surface area contributed by atoms with Crippen LogP contribution in [0.15, 0.2) is 0 Å². The summed E-state index contributed by atoms with van der Waals surface area (Å²) >= 11 is 0. The van der Waals surface area contributed by atoms with Gasteiger partial charge in [0.1, 0.15) is 0 Å². The average Bonchev–Trinajstić information content (AvgIpc) is 2.37. The lowest BCUT2D eigenvalue weighted by Crippen LogP contribution is -2.47. The number of amides is 2. The molecule has 2 amide bonds. The summed E-state index contributed by atoms with van der Waals surface area (Å²) in [6, 6.07) is -0.0768. The summed E-state index contributed by atoms with van der Waals surface area (Å²) in [7, 11) is 1.66. The SMILES string of the molecule is COC1CCCN(C(=O)NCCCCC(=O)O)C1. The summed E-state index contributed by atoms with van der Waals surface area (Å²) in [5.41, 5.74) is 0. The number of carboxylic acid groups (broad SMARTS) is 1. The predicted octanol–water partition coefficient (Wildman–Crippen LogP) is 1.06. The van der Waals surface area contributed by atoms with Gasteiger partial charge in [-0.15, -0.1) is 0 Å². The van der Waals surface area contributed by atoms with E-state index in [1.165, 1.54) is 0 Å². The fourth-order valence-electron chi connectivity index (χ4n) is 2.02. The van der Waals surface area contributed by atoms with E-state index in [4.69, 9.17) is 9.84 Å². The first-order valence-corrected chi connectivity index (χ1v) is 6.41. The second-order valence-electron chi connectivity index (χ2n) is 4.53. The molecule has 2 N–H and O–H groups in total. The zero-order chi connectivity index (χ0) is 13.4. The Kier molecular flexibility index (Phi) is 6.49. The average molecular weight is 258 g/mol. The van der Waals surface area contributed by atoms with E-state index in [1.807, 2.05) is 0 Å². The highest BCUT2D eigenvalue weighted by Gasteiger charge is 2.22. The first kappa shape index (κ1) is 14.8. The number of rotatable bonds is 6. The second-order valence-corrected chi connectivity index (χ2v) is 4.53. The van der Waals surface area contributed by atoms with Crippen LogP contribution in [0.2, 0.25) is 0 Å². The summed E-state index contributed by atoms with van der Waals surface area (Å²) in [5, 5.41) is 11.3. The van der Waals surface area contributed by atoms with E-state index in [-0.39, 0.29) is 18.6 Å². The van der Waals surface area contributed by atoms with Gasteiger partial charge in [-0.1, -0.05) is 0 Å². The number of urea groups is 1. The molecule has 1 rings (SSSR count). The van der Waals surface area contributed by atoms with Crippen molar-refractivity contribution in [2.24, 2.45) is 0 Å². The molecule has 6 nitrogen and oxygen atoms in total. The number of nitrogens with zero attached hydrogens (tertiary/aromatic N) is 1. The minimum absolute atomic E-state index is 0.0768. The van der Waals surface area contributed by atoms with E-state index in [0.717, 1.165) is 19.4 Å². The molecule has 0 aromatic rings. The van der Waals surface area contributed by atoms with Crippen molar-refractivity contribution in [2.45, 2.75) is 38.2 Å². The number of carbonyl (C=O) groups excluding carboxylic acids is 1. The Morgan fingerprint density at radius 3 is 2.89 bits per heavy atom. The Morgan fingerprint density at radius 1 is 1.44 bits per heavy atom. The number of unbranched alkanes of at least 4 members (excludes halogenated alkanes) is 1. The highest BCUT2D eigenvalue weighted by Crippen LogP contribution is 2.12. The molecule has 1 aliphatic rings. The van der Waals surface area contributed by atoms with Crippen LogP contribution in [0.1, 0.15) is 32.1 Å². The van der Waals surface area contributed by atoms with E-state index in [9.17, 15) is 9.59 Å². The number of carbonyl (C=O) groups is 2. The zero-order valence-corrected chi connectivity index (χ0v) is 10.9. The van der Waals surface area contributed by atoms with Crippen LogP contribution in [0.25, 0.3) is 0 Å². The molecule has 0 saturated carbocycles. The lowest BCUT2D eigenvalue weighted by Gasteiger charge is -2.31. The monoisotopic (exact) mass is 258 g/mol. The van der Waals surface area contributed by atoms with Crippen molar-refractivity contribution in [3.8, 4) is 0 Å². The smallest absolute Gasteiger partial charge is 0.317 e. The number of likely N-dealkylation sites (tertiary alicyclic amines) is 1. The van der Waals surface area contributed by atoms with Crippen LogP contribution in [0.5, 0.6) is 0 Å². The highest BCUT2D eigenvalue weighted by atomic mass is 16.5. The van der Waals surface area contributed by atoms with Gasteiger partial charge in [-0.2, -0.15) is 0 Å². The third-order valence-electron chi connectivity index (χ3n) is 3.09. The Morgan fingerprint density at radius 2 is 2.22 bits per heavy atom. The fourth-order valence-corrected chi connectivity index (χ4v) is 2.02. The second kappa shape index (κ2) is 7.92. The largest absolute Gasteiger partial charge is 0.481 e. The van der Waals surface area contributed by atoms with Gasteiger partial charge in [0.25, 0.3) is 0 Å². The number of hydrogen-bond donors (Lipinski definition) is 2. The number of piperidine rings is 1. The van der Waals surface area contributed by atoms with Crippen molar-refractivity contribution in [2.75, 3.05) is 26.7 Å². The Bertz CT molecular complexity index is 283. The molecule has 0 aliphatic carbocycles. The molecule has 1 heterocycles. The molecule has 1 aliphatic heterocycles. The number of ether oxygens (including phenoxy) is 1. The highest BCUT2D eigenvalue weighted by molar-refractivity contribution is 5.74. The predicted molar refractivity (Wildman–Crippen MR) is 66.5 cm³/mol. The number of nitrogens with one attached hydrogen (secondary N) is 1. The third-order valence-corrected chi connectivity index (χ3v) is 3.09. The first-order valence-electron chi connectivity index (χ1n) is 6.41. The quantitative estimate of drug-likeness (QED) is 0.698. The van der Waals surface area contributed by atoms with Crippen LogP contribution in [0.3, 0.4) is 0 Å². The molecule has 1 atom stereocenters. The zero-order valence-electron chi connectivity index (χ0n) is 10.9. The molecule has 6 heteroatoms. The van der Waals surface area contributed by atoms with Crippen molar-refractivity contribution in [3.63, 3.8) is 0 Å². The summed E-state index contributed by atoms with van der Waals surface area (Å²) < 4.78 is 5.25. The van der Waals surface area contributed by atoms with E-state index >= 15 is 0 Å². The van der Waals surface area contributed by atoms with E-state index in [0.29, 0.717) is 25.9 Å². The summed E-state index contributed by atoms with van der Waals surface area (Å²) in [4.78, 5) is 23.9. The van der Waals surface area contributed by atoms with E-state index in [2.05, 4.69) is 5.32 Å². The van der Waals surface area contributed by atoms with Gasteiger partial charge in [-0.25, -0.2) is 4.79 Å². The van der Waals surface area contributed by atoms with Crippen molar-refractivity contribution < 1.29 is 19.4 Å². The maximum Gasteiger partial charge on any atom is 0.317 e. The van der Waals surface area contributed by atoms with Crippen LogP contribution in [-0.2, 0) is 9.53 Å². The van der Waals surface area contributed by atoms with Gasteiger partial charge in [-0.05, 0) is 25.7 Å². The molecule has 1 unspecified atom stereocenters. The van der Waals surface area contributed by atoms with Gasteiger partial charge in [0.2, 0.25) is 0 Å². The molecule has 0 aromatic carbocycles. The fraction of sp³-hybridized carbons (Fsp3) is 0.833. The topological polar surface area (TPSA) is 78.9 Å². The van der Waals surface area contributed by atoms with Crippen LogP contribution in [-0.4, -0.2) is 54.9 Å². The van der Waals surface area contributed by atoms with Crippen molar-refractivity contribution in [1.82, 2.24) is 10.2 Å². The van der Waals surface area contributed by atoms with Crippen LogP contribution in [0, 0.1) is 0 Å². The van der Waals surface area contributed by atoms with Gasteiger partial charge in [-0.3, -0.25) is 4.79 Å². The minimum atomic E-state index is -0.791. The Balaban J connectivity index is 2.14. The van der Waals surface area contributed by atoms with Crippen LogP contribution >= 0.6 is 0 Å². The van der Waals surface area contributed by atoms with E-state index in [1.54, 1.807) is 12.0 Å². The van der Waals surface area contributed by atoms with Crippen molar-refractivity contribution in [3.05, 3.63) is 0 Å². The van der Waals surface area contributed by atoms with Crippen LogP contribution in [0.4, 0.5) is 4.79 Å². The maximum atomic E-state index is 11.8. The molecular formula is C12H22N2O4. The summed E-state index contributed by atoms with van der Waals surface area (Å²) in [6.45, 7) is 1.93. The molecule has 18 heavy (non-hydrogen) atoms. The molecule has 104 valence electrons. The van der Waals surface area contributed by atoms with Crippen LogP contribution < -0.4 is 5.32 Å². The normalized spacial score (nSPS) is 19.6. The number of aliphatic carboxylic acids is 1. The molecule has 0 aromatic heterocycles. The minimum Gasteiger partial charge on any atom is -0.481 e. The molecule has 1 fully saturated rings.